The van der Waals surface area contributed by atoms with Gasteiger partial charge >= 0.3 is 6.09 Å². The zero-order valence-electron chi connectivity index (χ0n) is 24.2. The second kappa shape index (κ2) is 13.8. The lowest BCUT2D eigenvalue weighted by Crippen LogP contribution is -2.52. The Labute approximate surface area is 248 Å². The number of hydrogen-bond acceptors (Lipinski definition) is 10. The number of nitrogens with one attached hydrogen (secondary N) is 1. The Morgan fingerprint density at radius 1 is 1.19 bits per heavy atom. The minimum atomic E-state index is -1.25. The Bertz CT molecular complexity index is 1450. The number of hydrogen-bond donors (Lipinski definition) is 3. The molecule has 0 unspecified atom stereocenters. The van der Waals surface area contributed by atoms with E-state index >= 15 is 0 Å². The summed E-state index contributed by atoms with van der Waals surface area (Å²) in [5.41, 5.74) is 2.66. The first-order valence-corrected chi connectivity index (χ1v) is 14.6. The van der Waals surface area contributed by atoms with Gasteiger partial charge in [-0.25, -0.2) is 4.79 Å². The highest BCUT2D eigenvalue weighted by Crippen LogP contribution is 2.24. The third kappa shape index (κ3) is 8.51. The molecule has 4 rings (SSSR count). The molecule has 3 N–H and O–H groups in total. The van der Waals surface area contributed by atoms with E-state index < -0.39 is 29.7 Å². The summed E-state index contributed by atoms with van der Waals surface area (Å²) in [6.07, 6.45) is 0.0199. The van der Waals surface area contributed by atoms with E-state index in [4.69, 9.17) is 9.15 Å². The van der Waals surface area contributed by atoms with Crippen LogP contribution in [-0.4, -0.2) is 81.5 Å². The van der Waals surface area contributed by atoms with Crippen molar-refractivity contribution >= 4 is 40.5 Å². The Balaban J connectivity index is 1.54. The van der Waals surface area contributed by atoms with Gasteiger partial charge in [-0.2, -0.15) is 4.98 Å². The maximum absolute atomic E-state index is 13.7. The standard InChI is InChI=1S/C30H37N5O6S/c1-5-34(4)28-32-23-12-11-21(14-26(23)41-28)27(37)35(18-30(2,3)39)16-25(36)24(13-20-9-7-6-8-10-20)33-29(38)40-17-22-15-31-19-42-22/h6-12,14-15,19,24-25,36,39H,5,13,16-18H2,1-4H3,(H,33,38)/t24-,25+/m0/s1. The number of nitrogens with zero attached hydrogens (tertiary/aromatic N) is 4. The van der Waals surface area contributed by atoms with Gasteiger partial charge < -0.3 is 34.5 Å². The number of thiazole rings is 1. The molecule has 2 aromatic carbocycles. The molecule has 42 heavy (non-hydrogen) atoms. The van der Waals surface area contributed by atoms with Gasteiger partial charge in [-0.05, 0) is 51.0 Å². The predicted octanol–water partition coefficient (Wildman–Crippen LogP) is 3.85. The van der Waals surface area contributed by atoms with Gasteiger partial charge in [0.15, 0.2) is 5.58 Å². The fourth-order valence-corrected chi connectivity index (χ4v) is 4.87. The van der Waals surface area contributed by atoms with Gasteiger partial charge in [0.25, 0.3) is 11.9 Å². The summed E-state index contributed by atoms with van der Waals surface area (Å²) in [6, 6.07) is 14.0. The van der Waals surface area contributed by atoms with Crippen LogP contribution in [0.4, 0.5) is 10.8 Å². The number of aromatic nitrogens is 2. The maximum Gasteiger partial charge on any atom is 0.407 e. The molecule has 0 aliphatic rings. The van der Waals surface area contributed by atoms with Crippen LogP contribution in [0.15, 0.2) is 64.7 Å². The maximum atomic E-state index is 13.7. The topological polar surface area (TPSA) is 141 Å². The fraction of sp³-hybridized carbons (Fsp3) is 0.400. The quantitative estimate of drug-likeness (QED) is 0.210. The van der Waals surface area contributed by atoms with Gasteiger partial charge in [0.2, 0.25) is 0 Å². The summed E-state index contributed by atoms with van der Waals surface area (Å²) in [7, 11) is 1.86. The number of rotatable bonds is 13. The largest absolute Gasteiger partial charge is 0.444 e. The van der Waals surface area contributed by atoms with Crippen molar-refractivity contribution in [1.29, 1.82) is 0 Å². The summed E-state index contributed by atoms with van der Waals surface area (Å²) in [6.45, 7) is 5.68. The van der Waals surface area contributed by atoms with Gasteiger partial charge in [-0.3, -0.25) is 9.78 Å². The number of alkyl carbamates (subject to hydrolysis) is 1. The average molecular weight is 596 g/mol. The highest BCUT2D eigenvalue weighted by atomic mass is 32.1. The molecule has 0 saturated carbocycles. The van der Waals surface area contributed by atoms with Crippen molar-refractivity contribution in [1.82, 2.24) is 20.2 Å². The van der Waals surface area contributed by atoms with Crippen LogP contribution in [0.2, 0.25) is 0 Å². The van der Waals surface area contributed by atoms with Crippen LogP contribution in [0.1, 0.15) is 41.6 Å². The van der Waals surface area contributed by atoms with Crippen LogP contribution < -0.4 is 10.2 Å². The molecule has 0 bridgehead atoms. The molecule has 11 nitrogen and oxygen atoms in total. The van der Waals surface area contributed by atoms with Crippen molar-refractivity contribution in [3.05, 3.63) is 76.2 Å². The molecule has 0 radical (unpaired) electrons. The van der Waals surface area contributed by atoms with E-state index in [0.29, 0.717) is 35.6 Å². The van der Waals surface area contributed by atoms with E-state index in [1.165, 1.54) is 16.2 Å². The first-order valence-electron chi connectivity index (χ1n) is 13.7. The number of carbonyl (C=O) groups is 2. The third-order valence-electron chi connectivity index (χ3n) is 6.59. The van der Waals surface area contributed by atoms with Crippen LogP contribution in [0, 0.1) is 0 Å². The van der Waals surface area contributed by atoms with Gasteiger partial charge in [0.1, 0.15) is 12.1 Å². The molecule has 0 aliphatic carbocycles. The fourth-order valence-electron chi connectivity index (χ4n) is 4.36. The number of anilines is 1. The minimum Gasteiger partial charge on any atom is -0.444 e. The third-order valence-corrected chi connectivity index (χ3v) is 7.35. The molecule has 0 aliphatic heterocycles. The monoisotopic (exact) mass is 595 g/mol. The number of carbonyl (C=O) groups excluding carboxylic acids is 2. The number of aliphatic hydroxyl groups excluding tert-OH is 1. The molecular weight excluding hydrogens is 558 g/mol. The Morgan fingerprint density at radius 2 is 1.95 bits per heavy atom. The van der Waals surface area contributed by atoms with E-state index in [1.54, 1.807) is 43.8 Å². The van der Waals surface area contributed by atoms with Gasteiger partial charge in [-0.1, -0.05) is 30.3 Å². The van der Waals surface area contributed by atoms with Crippen molar-refractivity contribution in [3.8, 4) is 0 Å². The first-order chi connectivity index (χ1) is 20.0. The zero-order chi connectivity index (χ0) is 30.3. The van der Waals surface area contributed by atoms with Crippen LogP contribution in [0.25, 0.3) is 11.1 Å². The number of fused-ring (bicyclic) bond motifs is 1. The van der Waals surface area contributed by atoms with Gasteiger partial charge in [0, 0.05) is 38.4 Å². The number of aliphatic hydroxyl groups is 2. The SMILES string of the molecule is CCN(C)c1nc2ccc(C(=O)N(C[C@@H](O)[C@H](Cc3ccccc3)NC(=O)OCc3cncs3)CC(C)(C)O)cc2o1. The average Bonchev–Trinajstić information content (AvgIpc) is 3.64. The van der Waals surface area contributed by atoms with Crippen molar-refractivity contribution in [2.75, 3.05) is 31.6 Å². The van der Waals surface area contributed by atoms with Crippen LogP contribution in [-0.2, 0) is 17.8 Å². The Hall–Kier alpha value is -4.00. The molecular formula is C30H37N5O6S. The summed E-state index contributed by atoms with van der Waals surface area (Å²) in [5, 5.41) is 24.8. The van der Waals surface area contributed by atoms with Gasteiger partial charge in [0.05, 0.1) is 28.1 Å². The molecule has 2 amide bonds. The molecule has 2 heterocycles. The van der Waals surface area contributed by atoms with Crippen molar-refractivity contribution in [3.63, 3.8) is 0 Å². The smallest absolute Gasteiger partial charge is 0.407 e. The summed E-state index contributed by atoms with van der Waals surface area (Å²) in [4.78, 5) is 38.9. The second-order valence-corrected chi connectivity index (χ2v) is 11.7. The van der Waals surface area contributed by atoms with Crippen LogP contribution in [0.5, 0.6) is 0 Å². The normalized spacial score (nSPS) is 13.0. The molecule has 0 spiro atoms. The minimum absolute atomic E-state index is 0.0494. The molecule has 2 aromatic heterocycles. The van der Waals surface area contributed by atoms with E-state index in [9.17, 15) is 19.8 Å². The molecule has 12 heteroatoms. The summed E-state index contributed by atoms with van der Waals surface area (Å²) < 4.78 is 11.2. The lowest BCUT2D eigenvalue weighted by Gasteiger charge is -2.33. The van der Waals surface area contributed by atoms with Crippen molar-refractivity contribution in [2.24, 2.45) is 0 Å². The molecule has 4 aromatic rings. The van der Waals surface area contributed by atoms with Crippen LogP contribution in [0.3, 0.4) is 0 Å². The molecule has 0 fully saturated rings. The van der Waals surface area contributed by atoms with Crippen molar-refractivity contribution < 1.29 is 29.0 Å². The first kappa shape index (κ1) is 30.9. The van der Waals surface area contributed by atoms with E-state index in [1.807, 2.05) is 49.2 Å². The highest BCUT2D eigenvalue weighted by molar-refractivity contribution is 7.09. The predicted molar refractivity (Wildman–Crippen MR) is 161 cm³/mol. The van der Waals surface area contributed by atoms with Crippen LogP contribution >= 0.6 is 11.3 Å². The number of ether oxygens (including phenoxy) is 1. The number of amides is 2. The van der Waals surface area contributed by atoms with E-state index in [2.05, 4.69) is 15.3 Å². The summed E-state index contributed by atoms with van der Waals surface area (Å²) in [5.74, 6) is -0.411. The zero-order valence-corrected chi connectivity index (χ0v) is 25.0. The van der Waals surface area contributed by atoms with E-state index in [-0.39, 0.29) is 19.7 Å². The Morgan fingerprint density at radius 3 is 2.62 bits per heavy atom. The molecule has 0 saturated heterocycles. The highest BCUT2D eigenvalue weighted by Gasteiger charge is 2.30. The molecule has 224 valence electrons. The number of benzene rings is 2. The molecule has 2 atom stereocenters. The lowest BCUT2D eigenvalue weighted by atomic mass is 10.00. The van der Waals surface area contributed by atoms with E-state index in [0.717, 1.165) is 10.4 Å². The number of oxazole rings is 1. The Kier molecular flexibility index (Phi) is 10.2. The second-order valence-electron chi connectivity index (χ2n) is 10.7. The van der Waals surface area contributed by atoms with Crippen molar-refractivity contribution in [2.45, 2.75) is 51.5 Å². The lowest BCUT2D eigenvalue weighted by molar-refractivity contribution is 0.0111. The van der Waals surface area contributed by atoms with Gasteiger partial charge in [-0.15, -0.1) is 11.3 Å². The summed E-state index contributed by atoms with van der Waals surface area (Å²) >= 11 is 1.37.